The molecule has 2 aliphatic heterocycles. The molecule has 5 nitrogen and oxygen atoms in total. The van der Waals surface area contributed by atoms with Gasteiger partial charge in [0.1, 0.15) is 11.4 Å². The van der Waals surface area contributed by atoms with Gasteiger partial charge in [-0.05, 0) is 73.9 Å². The molecule has 2 amide bonds. The maximum atomic E-state index is 13.7. The van der Waals surface area contributed by atoms with Crippen LogP contribution in [0.15, 0.2) is 48.2 Å². The number of hydrogen-bond acceptors (Lipinski definition) is 4. The van der Waals surface area contributed by atoms with Crippen molar-refractivity contribution in [2.45, 2.75) is 47.0 Å². The van der Waals surface area contributed by atoms with Crippen molar-refractivity contribution in [1.29, 1.82) is 0 Å². The van der Waals surface area contributed by atoms with Gasteiger partial charge >= 0.3 is 0 Å². The molecule has 0 unspecified atom stereocenters. The van der Waals surface area contributed by atoms with Crippen LogP contribution in [0.25, 0.3) is 5.57 Å². The molecule has 168 valence electrons. The summed E-state index contributed by atoms with van der Waals surface area (Å²) in [6, 6.07) is 13.3. The number of benzene rings is 2. The number of piperidine rings is 1. The lowest BCUT2D eigenvalue weighted by Crippen LogP contribution is -2.37. The van der Waals surface area contributed by atoms with Gasteiger partial charge < -0.3 is 9.64 Å². The first kappa shape index (κ1) is 22.1. The summed E-state index contributed by atoms with van der Waals surface area (Å²) in [5, 5.41) is 0. The van der Waals surface area contributed by atoms with Crippen LogP contribution in [-0.4, -0.2) is 36.4 Å². The van der Waals surface area contributed by atoms with Crippen LogP contribution in [0, 0.1) is 19.8 Å². The van der Waals surface area contributed by atoms with Crippen molar-refractivity contribution in [3.05, 3.63) is 64.9 Å². The average Bonchev–Trinajstić information content (AvgIpc) is 3.05. The van der Waals surface area contributed by atoms with Crippen molar-refractivity contribution in [2.75, 3.05) is 24.6 Å². The summed E-state index contributed by atoms with van der Waals surface area (Å²) in [4.78, 5) is 30.9. The first-order valence-electron chi connectivity index (χ1n) is 11.6. The highest BCUT2D eigenvalue weighted by Crippen LogP contribution is 2.37. The quantitative estimate of drug-likeness (QED) is 0.596. The van der Waals surface area contributed by atoms with Gasteiger partial charge in [-0.1, -0.05) is 38.1 Å². The molecule has 2 aliphatic rings. The van der Waals surface area contributed by atoms with Crippen LogP contribution in [0.1, 0.15) is 49.8 Å². The predicted molar refractivity (Wildman–Crippen MR) is 128 cm³/mol. The number of imide groups is 1. The maximum Gasteiger partial charge on any atom is 0.282 e. The van der Waals surface area contributed by atoms with E-state index in [1.807, 2.05) is 56.3 Å². The number of hydrogen-bond donors (Lipinski definition) is 0. The van der Waals surface area contributed by atoms with Crippen LogP contribution >= 0.6 is 0 Å². The van der Waals surface area contributed by atoms with E-state index in [9.17, 15) is 9.59 Å². The molecule has 4 rings (SSSR count). The Hall–Kier alpha value is -3.08. The molecule has 0 aromatic heterocycles. The molecule has 5 heteroatoms. The Kier molecular flexibility index (Phi) is 6.35. The Morgan fingerprint density at radius 3 is 2.25 bits per heavy atom. The molecular weight excluding hydrogens is 400 g/mol. The number of carbonyl (C=O) groups excluding carboxylic acids is 2. The number of amides is 2. The third-order valence-corrected chi connectivity index (χ3v) is 6.27. The van der Waals surface area contributed by atoms with Gasteiger partial charge in [0.2, 0.25) is 0 Å². The molecule has 0 aliphatic carbocycles. The van der Waals surface area contributed by atoms with Gasteiger partial charge in [0, 0.05) is 13.1 Å². The summed E-state index contributed by atoms with van der Waals surface area (Å²) >= 11 is 0. The first-order valence-corrected chi connectivity index (χ1v) is 11.6. The number of rotatable bonds is 6. The maximum absolute atomic E-state index is 13.7. The summed E-state index contributed by atoms with van der Waals surface area (Å²) in [5.74, 6) is 0.731. The molecule has 1 saturated heterocycles. The Morgan fingerprint density at radius 2 is 1.59 bits per heavy atom. The smallest absolute Gasteiger partial charge is 0.282 e. The van der Waals surface area contributed by atoms with Crippen LogP contribution in [0.5, 0.6) is 5.75 Å². The SMILES string of the molecule is Cc1cccc(N2C(=O)C(c3ccc(OCC(C)C)cc3)=C(N3CCCCC3)C2=O)c1C. The standard InChI is InChI=1S/C27H32N2O3/c1-18(2)17-32-22-13-11-21(12-14-22)24-25(28-15-6-5-7-16-28)27(31)29(26(24)30)23-10-8-9-19(3)20(23)4/h8-14,18H,5-7,15-17H2,1-4H3. The monoisotopic (exact) mass is 432 g/mol. The zero-order valence-corrected chi connectivity index (χ0v) is 19.5. The summed E-state index contributed by atoms with van der Waals surface area (Å²) in [6.07, 6.45) is 3.22. The van der Waals surface area contributed by atoms with E-state index in [1.54, 1.807) is 0 Å². The summed E-state index contributed by atoms with van der Waals surface area (Å²) in [7, 11) is 0. The Labute approximate surface area is 190 Å². The fraction of sp³-hybridized carbons (Fsp3) is 0.407. The van der Waals surface area contributed by atoms with E-state index >= 15 is 0 Å². The summed E-state index contributed by atoms with van der Waals surface area (Å²) in [6.45, 7) is 10.4. The molecule has 32 heavy (non-hydrogen) atoms. The lowest BCUT2D eigenvalue weighted by Gasteiger charge is -2.29. The second kappa shape index (κ2) is 9.19. The predicted octanol–water partition coefficient (Wildman–Crippen LogP) is 5.11. The highest BCUT2D eigenvalue weighted by molar-refractivity contribution is 6.45. The van der Waals surface area contributed by atoms with Crippen molar-refractivity contribution in [1.82, 2.24) is 4.90 Å². The van der Waals surface area contributed by atoms with Crippen LogP contribution in [0.4, 0.5) is 5.69 Å². The minimum atomic E-state index is -0.250. The Bertz CT molecular complexity index is 1050. The van der Waals surface area contributed by atoms with E-state index in [-0.39, 0.29) is 11.8 Å². The van der Waals surface area contributed by atoms with Crippen molar-refractivity contribution < 1.29 is 14.3 Å². The number of aryl methyl sites for hydroxylation is 1. The minimum Gasteiger partial charge on any atom is -0.493 e. The minimum absolute atomic E-state index is 0.222. The van der Waals surface area contributed by atoms with Crippen molar-refractivity contribution >= 4 is 23.1 Å². The normalized spacial score (nSPS) is 17.0. The average molecular weight is 433 g/mol. The lowest BCUT2D eigenvalue weighted by atomic mass is 10.0. The largest absolute Gasteiger partial charge is 0.493 e. The number of anilines is 1. The molecule has 0 saturated carbocycles. The van der Waals surface area contributed by atoms with Gasteiger partial charge in [0.25, 0.3) is 11.8 Å². The third kappa shape index (κ3) is 4.16. The molecule has 0 spiro atoms. The zero-order chi connectivity index (χ0) is 22.8. The molecular formula is C27H32N2O3. The van der Waals surface area contributed by atoms with Crippen molar-refractivity contribution in [2.24, 2.45) is 5.92 Å². The van der Waals surface area contributed by atoms with E-state index in [4.69, 9.17) is 4.74 Å². The second-order valence-electron chi connectivity index (χ2n) is 9.17. The highest BCUT2D eigenvalue weighted by Gasteiger charge is 2.43. The van der Waals surface area contributed by atoms with E-state index in [1.165, 1.54) is 4.90 Å². The zero-order valence-electron chi connectivity index (χ0n) is 19.5. The van der Waals surface area contributed by atoms with Crippen LogP contribution in [0.3, 0.4) is 0 Å². The summed E-state index contributed by atoms with van der Waals surface area (Å²) < 4.78 is 5.81. The van der Waals surface area contributed by atoms with Crippen LogP contribution < -0.4 is 9.64 Å². The van der Waals surface area contributed by atoms with Gasteiger partial charge in [0.15, 0.2) is 0 Å². The molecule has 0 N–H and O–H groups in total. The first-order chi connectivity index (χ1) is 15.4. The third-order valence-electron chi connectivity index (χ3n) is 6.27. The number of likely N-dealkylation sites (tertiary alicyclic amines) is 1. The fourth-order valence-corrected chi connectivity index (χ4v) is 4.37. The fourth-order valence-electron chi connectivity index (χ4n) is 4.37. The molecule has 0 bridgehead atoms. The van der Waals surface area contributed by atoms with Gasteiger partial charge in [-0.25, -0.2) is 4.90 Å². The van der Waals surface area contributed by atoms with Gasteiger partial charge in [-0.3, -0.25) is 9.59 Å². The van der Waals surface area contributed by atoms with E-state index < -0.39 is 0 Å². The van der Waals surface area contributed by atoms with Crippen molar-refractivity contribution in [3.63, 3.8) is 0 Å². The summed E-state index contributed by atoms with van der Waals surface area (Å²) in [5.41, 5.74) is 4.46. The number of carbonyl (C=O) groups is 2. The molecule has 0 radical (unpaired) electrons. The van der Waals surface area contributed by atoms with Gasteiger partial charge in [-0.2, -0.15) is 0 Å². The Balaban J connectivity index is 1.75. The van der Waals surface area contributed by atoms with E-state index in [0.29, 0.717) is 29.5 Å². The van der Waals surface area contributed by atoms with Gasteiger partial charge in [-0.15, -0.1) is 0 Å². The topological polar surface area (TPSA) is 49.9 Å². The Morgan fingerprint density at radius 1 is 0.906 bits per heavy atom. The highest BCUT2D eigenvalue weighted by atomic mass is 16.5. The van der Waals surface area contributed by atoms with Gasteiger partial charge in [0.05, 0.1) is 17.9 Å². The molecule has 0 atom stereocenters. The molecule has 2 aromatic rings. The number of ether oxygens (including phenoxy) is 1. The number of nitrogens with zero attached hydrogens (tertiary/aromatic N) is 2. The molecule has 2 heterocycles. The van der Waals surface area contributed by atoms with Crippen LogP contribution in [-0.2, 0) is 9.59 Å². The molecule has 2 aromatic carbocycles. The van der Waals surface area contributed by atoms with Crippen LogP contribution in [0.2, 0.25) is 0 Å². The second-order valence-corrected chi connectivity index (χ2v) is 9.17. The molecule has 1 fully saturated rings. The van der Waals surface area contributed by atoms with Crippen molar-refractivity contribution in [3.8, 4) is 5.75 Å². The lowest BCUT2D eigenvalue weighted by molar-refractivity contribution is -0.120. The van der Waals surface area contributed by atoms with E-state index in [2.05, 4.69) is 18.7 Å². The van der Waals surface area contributed by atoms with E-state index in [0.717, 1.165) is 54.8 Å².